The van der Waals surface area contributed by atoms with Crippen LogP contribution in [0.1, 0.15) is 6.42 Å². The van der Waals surface area contributed by atoms with Crippen LogP contribution in [-0.4, -0.2) is 66.5 Å². The van der Waals surface area contributed by atoms with Gasteiger partial charge >= 0.3 is 0 Å². The number of sulfonamides is 2. The molecule has 0 amide bonds. The van der Waals surface area contributed by atoms with E-state index in [0.29, 0.717) is 6.42 Å². The Kier molecular flexibility index (Phi) is 5.28. The molecule has 0 aliphatic carbocycles. The molecule has 2 heterocycles. The average molecular weight is 415 g/mol. The first kappa shape index (κ1) is 19.4. The van der Waals surface area contributed by atoms with Gasteiger partial charge in [-0.2, -0.15) is 8.61 Å². The number of aromatic nitrogens is 2. The quantitative estimate of drug-likeness (QED) is 0.549. The van der Waals surface area contributed by atoms with Crippen LogP contribution in [0.2, 0.25) is 0 Å². The molecule has 13 heteroatoms. The minimum absolute atomic E-state index is 0.00638. The smallest absolute Gasteiger partial charge is 0.269 e. The number of nitrogens with one attached hydrogen (secondary N) is 1. The van der Waals surface area contributed by atoms with E-state index in [1.54, 1.807) is 0 Å². The van der Waals surface area contributed by atoms with Gasteiger partial charge in [0.05, 0.1) is 22.3 Å². The second kappa shape index (κ2) is 7.34. The van der Waals surface area contributed by atoms with Crippen molar-refractivity contribution in [3.05, 3.63) is 46.9 Å². The molecule has 146 valence electrons. The molecule has 0 saturated carbocycles. The van der Waals surface area contributed by atoms with Gasteiger partial charge in [-0.15, -0.1) is 0 Å². The second-order valence-electron chi connectivity index (χ2n) is 5.83. The molecule has 0 radical (unpaired) electrons. The number of nitro groups is 1. The van der Waals surface area contributed by atoms with Crippen LogP contribution in [0.3, 0.4) is 0 Å². The van der Waals surface area contributed by atoms with E-state index in [0.717, 1.165) is 12.1 Å². The minimum atomic E-state index is -3.88. The number of imidazole rings is 1. The van der Waals surface area contributed by atoms with Gasteiger partial charge in [-0.3, -0.25) is 10.1 Å². The molecule has 2 aromatic rings. The fraction of sp³-hybridized carbons (Fsp3) is 0.357. The van der Waals surface area contributed by atoms with Crippen LogP contribution >= 0.6 is 0 Å². The number of H-pyrrole nitrogens is 1. The zero-order chi connectivity index (χ0) is 19.7. The lowest BCUT2D eigenvalue weighted by Gasteiger charge is -2.21. The van der Waals surface area contributed by atoms with E-state index in [4.69, 9.17) is 0 Å². The third-order valence-electron chi connectivity index (χ3n) is 4.19. The first-order valence-electron chi connectivity index (χ1n) is 7.96. The molecule has 11 nitrogen and oxygen atoms in total. The summed E-state index contributed by atoms with van der Waals surface area (Å²) in [5, 5.41) is 10.7. The SMILES string of the molecule is O=[N+]([O-])c1ccc(S(=O)(=O)N2CCCN(S(=O)(=O)c3cnc[nH]3)CC2)cc1. The Labute approximate surface area is 155 Å². The summed E-state index contributed by atoms with van der Waals surface area (Å²) in [6.45, 7) is 0.294. The number of aromatic amines is 1. The summed E-state index contributed by atoms with van der Waals surface area (Å²) < 4.78 is 53.1. The van der Waals surface area contributed by atoms with Gasteiger partial charge in [0.1, 0.15) is 0 Å². The molecule has 0 bridgehead atoms. The topological polar surface area (TPSA) is 147 Å². The van der Waals surface area contributed by atoms with Gasteiger partial charge in [-0.25, -0.2) is 21.8 Å². The Morgan fingerprint density at radius 1 is 0.963 bits per heavy atom. The summed E-state index contributed by atoms with van der Waals surface area (Å²) in [5.41, 5.74) is -0.207. The van der Waals surface area contributed by atoms with Crippen molar-refractivity contribution in [2.45, 2.75) is 16.3 Å². The van der Waals surface area contributed by atoms with Crippen molar-refractivity contribution in [3.8, 4) is 0 Å². The fourth-order valence-corrected chi connectivity index (χ4v) is 5.60. The minimum Gasteiger partial charge on any atom is -0.335 e. The molecule has 1 fully saturated rings. The van der Waals surface area contributed by atoms with E-state index >= 15 is 0 Å². The Morgan fingerprint density at radius 2 is 1.56 bits per heavy atom. The number of nitrogens with zero attached hydrogens (tertiary/aromatic N) is 4. The van der Waals surface area contributed by atoms with Crippen LogP contribution in [0.5, 0.6) is 0 Å². The van der Waals surface area contributed by atoms with Crippen LogP contribution in [-0.2, 0) is 20.0 Å². The zero-order valence-electron chi connectivity index (χ0n) is 14.1. The summed E-state index contributed by atoms with van der Waals surface area (Å²) in [6, 6.07) is 4.61. The molecule has 3 rings (SSSR count). The van der Waals surface area contributed by atoms with Crippen molar-refractivity contribution in [2.24, 2.45) is 0 Å². The van der Waals surface area contributed by atoms with E-state index in [2.05, 4.69) is 9.97 Å². The van der Waals surface area contributed by atoms with Gasteiger partial charge in [-0.1, -0.05) is 0 Å². The van der Waals surface area contributed by atoms with E-state index in [-0.39, 0.29) is 41.8 Å². The molecule has 0 atom stereocenters. The Balaban J connectivity index is 1.78. The monoisotopic (exact) mass is 415 g/mol. The summed E-state index contributed by atoms with van der Waals surface area (Å²) in [4.78, 5) is 16.3. The predicted octanol–water partition coefficient (Wildman–Crippen LogP) is 0.403. The molecule has 1 aromatic carbocycles. The third-order valence-corrected chi connectivity index (χ3v) is 7.93. The Bertz CT molecular complexity index is 1020. The van der Waals surface area contributed by atoms with E-state index in [9.17, 15) is 26.9 Å². The van der Waals surface area contributed by atoms with Crippen LogP contribution in [0.15, 0.2) is 46.7 Å². The summed E-state index contributed by atoms with van der Waals surface area (Å²) in [5.74, 6) is 0. The van der Waals surface area contributed by atoms with Gasteiger partial charge in [0, 0.05) is 38.3 Å². The Hall–Kier alpha value is -2.35. The predicted molar refractivity (Wildman–Crippen MR) is 93.8 cm³/mol. The lowest BCUT2D eigenvalue weighted by atomic mass is 10.3. The summed E-state index contributed by atoms with van der Waals surface area (Å²) >= 11 is 0. The Morgan fingerprint density at radius 3 is 2.07 bits per heavy atom. The van der Waals surface area contributed by atoms with Gasteiger partial charge in [-0.05, 0) is 18.6 Å². The highest BCUT2D eigenvalue weighted by atomic mass is 32.2. The number of rotatable bonds is 5. The van der Waals surface area contributed by atoms with E-state index in [1.807, 2.05) is 0 Å². The maximum atomic E-state index is 12.8. The van der Waals surface area contributed by atoms with Crippen molar-refractivity contribution < 1.29 is 21.8 Å². The van der Waals surface area contributed by atoms with Gasteiger partial charge < -0.3 is 4.98 Å². The molecular formula is C14H17N5O6S2. The highest BCUT2D eigenvalue weighted by Crippen LogP contribution is 2.22. The molecule has 1 aromatic heterocycles. The van der Waals surface area contributed by atoms with Crippen LogP contribution < -0.4 is 0 Å². The third kappa shape index (κ3) is 3.85. The van der Waals surface area contributed by atoms with Crippen molar-refractivity contribution >= 4 is 25.7 Å². The fourth-order valence-electron chi connectivity index (χ4n) is 2.76. The molecule has 1 N–H and O–H groups in total. The van der Waals surface area contributed by atoms with Crippen molar-refractivity contribution in [1.82, 2.24) is 18.6 Å². The maximum Gasteiger partial charge on any atom is 0.269 e. The average Bonchev–Trinajstić information content (AvgIpc) is 3.06. The number of hydrogen-bond donors (Lipinski definition) is 1. The molecule has 1 aliphatic rings. The highest BCUT2D eigenvalue weighted by Gasteiger charge is 2.32. The van der Waals surface area contributed by atoms with Gasteiger partial charge in [0.2, 0.25) is 10.0 Å². The van der Waals surface area contributed by atoms with Crippen molar-refractivity contribution in [1.29, 1.82) is 0 Å². The normalized spacial score (nSPS) is 17.5. The molecule has 1 aliphatic heterocycles. The molecule has 0 unspecified atom stereocenters. The first-order valence-corrected chi connectivity index (χ1v) is 10.8. The largest absolute Gasteiger partial charge is 0.335 e. The maximum absolute atomic E-state index is 12.8. The van der Waals surface area contributed by atoms with Crippen LogP contribution in [0, 0.1) is 10.1 Å². The van der Waals surface area contributed by atoms with Crippen molar-refractivity contribution in [3.63, 3.8) is 0 Å². The standard InChI is InChI=1S/C14H17N5O6S2/c20-19(21)12-2-4-13(5-3-12)26(22,23)17-6-1-7-18(9-8-17)27(24,25)14-10-15-11-16-14/h2-5,10-11H,1,6-9H2,(H,15,16). The van der Waals surface area contributed by atoms with E-state index in [1.165, 1.54) is 33.3 Å². The molecule has 27 heavy (non-hydrogen) atoms. The molecular weight excluding hydrogens is 398 g/mol. The summed E-state index contributed by atoms with van der Waals surface area (Å²) in [6.07, 6.45) is 2.78. The van der Waals surface area contributed by atoms with E-state index < -0.39 is 25.0 Å². The lowest BCUT2D eigenvalue weighted by Crippen LogP contribution is -2.37. The second-order valence-corrected chi connectivity index (χ2v) is 9.67. The highest BCUT2D eigenvalue weighted by molar-refractivity contribution is 7.89. The lowest BCUT2D eigenvalue weighted by molar-refractivity contribution is -0.384. The van der Waals surface area contributed by atoms with Gasteiger partial charge in [0.25, 0.3) is 15.7 Å². The molecule has 0 spiro atoms. The number of hydrogen-bond acceptors (Lipinski definition) is 7. The first-order chi connectivity index (χ1) is 12.7. The van der Waals surface area contributed by atoms with Crippen LogP contribution in [0.4, 0.5) is 5.69 Å². The van der Waals surface area contributed by atoms with Crippen LogP contribution in [0.25, 0.3) is 0 Å². The number of non-ortho nitro benzene ring substituents is 1. The molecule has 1 saturated heterocycles. The number of benzene rings is 1. The summed E-state index contributed by atoms with van der Waals surface area (Å²) in [7, 11) is -7.65. The van der Waals surface area contributed by atoms with Crippen molar-refractivity contribution in [2.75, 3.05) is 26.2 Å². The van der Waals surface area contributed by atoms with Gasteiger partial charge in [0.15, 0.2) is 5.03 Å². The zero-order valence-corrected chi connectivity index (χ0v) is 15.7. The number of nitro benzene ring substituents is 1.